The van der Waals surface area contributed by atoms with Crippen molar-refractivity contribution in [2.75, 3.05) is 37.7 Å². The molecule has 0 bridgehead atoms. The number of hydrogen-bond donors (Lipinski definition) is 2. The van der Waals surface area contributed by atoms with Gasteiger partial charge in [-0.3, -0.25) is 4.79 Å². The minimum atomic E-state index is -0.385. The van der Waals surface area contributed by atoms with Gasteiger partial charge in [-0.05, 0) is 39.3 Å². The van der Waals surface area contributed by atoms with Gasteiger partial charge in [0.15, 0.2) is 6.04 Å². The number of anilines is 1. The van der Waals surface area contributed by atoms with Crippen LogP contribution in [0.1, 0.15) is 46.0 Å². The molecule has 0 saturated carbocycles. The first-order chi connectivity index (χ1) is 13.4. The minimum Gasteiger partial charge on any atom is -0.462 e. The van der Waals surface area contributed by atoms with Gasteiger partial charge in [0, 0.05) is 18.1 Å². The number of piperazine rings is 1. The molecular weight excluding hydrogens is 358 g/mol. The minimum absolute atomic E-state index is 0.0237. The molecule has 0 aliphatic carbocycles. The molecule has 0 radical (unpaired) electrons. The Hall–Kier alpha value is -2.74. The molecule has 1 atom stereocenters. The number of aryl methyl sites for hydroxylation is 1. The van der Waals surface area contributed by atoms with Crippen molar-refractivity contribution in [2.24, 2.45) is 0 Å². The number of aromatic nitrogens is 3. The summed E-state index contributed by atoms with van der Waals surface area (Å²) in [6, 6.07) is 1.60. The predicted octanol–water partition coefficient (Wildman–Crippen LogP) is 0.575. The van der Waals surface area contributed by atoms with Gasteiger partial charge < -0.3 is 19.5 Å². The average molecular weight is 386 g/mol. The zero-order chi connectivity index (χ0) is 20.3. The molecule has 8 heteroatoms. The summed E-state index contributed by atoms with van der Waals surface area (Å²) in [5.74, 6) is 0.371. The number of ether oxygens (including phenoxy) is 1. The predicted molar refractivity (Wildman–Crippen MR) is 105 cm³/mol. The highest BCUT2D eigenvalue weighted by atomic mass is 16.5. The average Bonchev–Trinajstić information content (AvgIpc) is 3.02. The lowest BCUT2D eigenvalue weighted by Gasteiger charge is -2.34. The van der Waals surface area contributed by atoms with Crippen LogP contribution in [0.4, 0.5) is 5.95 Å². The van der Waals surface area contributed by atoms with Crippen LogP contribution >= 0.6 is 0 Å². The van der Waals surface area contributed by atoms with Crippen LogP contribution in [0.2, 0.25) is 0 Å². The van der Waals surface area contributed by atoms with E-state index in [1.54, 1.807) is 39.2 Å². The fourth-order valence-electron chi connectivity index (χ4n) is 3.79. The SMILES string of the molecule is CCOC(=O)c1c(C)[nH]c(C(=O)[C@H](C)[NH+]2CCN(c3ncccn3)CC2)c1C. The number of hydrogen-bond acceptors (Lipinski definition) is 6. The molecule has 1 aliphatic heterocycles. The van der Waals surface area contributed by atoms with Gasteiger partial charge in [-0.1, -0.05) is 0 Å². The largest absolute Gasteiger partial charge is 0.462 e. The van der Waals surface area contributed by atoms with Crippen molar-refractivity contribution in [3.63, 3.8) is 0 Å². The van der Waals surface area contributed by atoms with Crippen LogP contribution < -0.4 is 9.80 Å². The highest BCUT2D eigenvalue weighted by molar-refractivity contribution is 6.03. The van der Waals surface area contributed by atoms with Crippen LogP contribution in [0.3, 0.4) is 0 Å². The molecular formula is C20H28N5O3+. The molecule has 1 aliphatic rings. The van der Waals surface area contributed by atoms with Gasteiger partial charge in [-0.15, -0.1) is 0 Å². The van der Waals surface area contributed by atoms with Gasteiger partial charge in [0.05, 0.1) is 44.0 Å². The molecule has 1 fully saturated rings. The highest BCUT2D eigenvalue weighted by Gasteiger charge is 2.33. The Morgan fingerprint density at radius 2 is 1.89 bits per heavy atom. The second-order valence-electron chi connectivity index (χ2n) is 7.13. The fraction of sp³-hybridized carbons (Fsp3) is 0.500. The summed E-state index contributed by atoms with van der Waals surface area (Å²) in [6.07, 6.45) is 3.48. The van der Waals surface area contributed by atoms with E-state index >= 15 is 0 Å². The number of carbonyl (C=O) groups is 2. The lowest BCUT2D eigenvalue weighted by Crippen LogP contribution is -3.18. The molecule has 28 heavy (non-hydrogen) atoms. The Morgan fingerprint density at radius 1 is 1.25 bits per heavy atom. The van der Waals surface area contributed by atoms with Crippen LogP contribution in [-0.4, -0.2) is 65.5 Å². The Morgan fingerprint density at radius 3 is 2.50 bits per heavy atom. The zero-order valence-corrected chi connectivity index (χ0v) is 16.9. The number of nitrogens with zero attached hydrogens (tertiary/aromatic N) is 3. The first-order valence-corrected chi connectivity index (χ1v) is 9.71. The molecule has 0 amide bonds. The maximum absolute atomic E-state index is 13.1. The van der Waals surface area contributed by atoms with Crippen molar-refractivity contribution in [2.45, 2.75) is 33.7 Å². The standard InChI is InChI=1S/C20H27N5O3/c1-5-28-19(27)16-13(2)17(23-14(16)3)18(26)15(4)24-9-11-25(12-10-24)20-21-7-6-8-22-20/h6-8,15,23H,5,9-12H2,1-4H3/p+1/t15-/m0/s1. The molecule has 1 saturated heterocycles. The van der Waals surface area contributed by atoms with E-state index in [0.29, 0.717) is 29.1 Å². The quantitative estimate of drug-likeness (QED) is 0.557. The molecule has 0 unspecified atom stereocenters. The molecule has 2 N–H and O–H groups in total. The normalized spacial score (nSPS) is 16.1. The highest BCUT2D eigenvalue weighted by Crippen LogP contribution is 2.20. The van der Waals surface area contributed by atoms with E-state index in [0.717, 1.165) is 32.1 Å². The third-order valence-electron chi connectivity index (χ3n) is 5.41. The smallest absolute Gasteiger partial charge is 0.340 e. The summed E-state index contributed by atoms with van der Waals surface area (Å²) < 4.78 is 5.12. The zero-order valence-electron chi connectivity index (χ0n) is 16.9. The van der Waals surface area contributed by atoms with Crippen molar-refractivity contribution in [1.82, 2.24) is 15.0 Å². The third kappa shape index (κ3) is 3.91. The summed E-state index contributed by atoms with van der Waals surface area (Å²) in [7, 11) is 0. The van der Waals surface area contributed by atoms with E-state index in [9.17, 15) is 9.59 Å². The molecule has 0 spiro atoms. The number of carbonyl (C=O) groups excluding carboxylic acids is 2. The van der Waals surface area contributed by atoms with Gasteiger partial charge in [-0.25, -0.2) is 14.8 Å². The van der Waals surface area contributed by atoms with Gasteiger partial charge >= 0.3 is 5.97 Å². The van der Waals surface area contributed by atoms with Crippen molar-refractivity contribution in [3.8, 4) is 0 Å². The Kier molecular flexibility index (Phi) is 6.08. The van der Waals surface area contributed by atoms with Gasteiger partial charge in [0.1, 0.15) is 0 Å². The van der Waals surface area contributed by atoms with E-state index in [1.165, 1.54) is 4.90 Å². The number of quaternary nitrogens is 1. The number of esters is 1. The molecule has 150 valence electrons. The summed E-state index contributed by atoms with van der Waals surface area (Å²) in [6.45, 7) is 10.9. The molecule has 3 rings (SSSR count). The van der Waals surface area contributed by atoms with Crippen LogP contribution in [-0.2, 0) is 4.74 Å². The monoisotopic (exact) mass is 386 g/mol. The number of H-pyrrole nitrogens is 1. The van der Waals surface area contributed by atoms with Crippen LogP contribution in [0, 0.1) is 13.8 Å². The van der Waals surface area contributed by atoms with Crippen LogP contribution in [0.25, 0.3) is 0 Å². The number of aromatic amines is 1. The first kappa shape index (κ1) is 20.0. The van der Waals surface area contributed by atoms with Gasteiger partial charge in [0.2, 0.25) is 11.7 Å². The van der Waals surface area contributed by atoms with Crippen molar-refractivity contribution >= 4 is 17.7 Å². The maximum atomic E-state index is 13.1. The molecule has 3 heterocycles. The lowest BCUT2D eigenvalue weighted by atomic mass is 10.0. The molecule has 8 nitrogen and oxygen atoms in total. The fourth-order valence-corrected chi connectivity index (χ4v) is 3.79. The summed E-state index contributed by atoms with van der Waals surface area (Å²) in [4.78, 5) is 40.4. The molecule has 2 aromatic heterocycles. The summed E-state index contributed by atoms with van der Waals surface area (Å²) in [5.41, 5.74) is 2.32. The summed E-state index contributed by atoms with van der Waals surface area (Å²) >= 11 is 0. The Balaban J connectivity index is 1.69. The van der Waals surface area contributed by atoms with E-state index in [4.69, 9.17) is 4.74 Å². The van der Waals surface area contributed by atoms with E-state index in [-0.39, 0.29) is 17.8 Å². The van der Waals surface area contributed by atoms with Gasteiger partial charge in [-0.2, -0.15) is 0 Å². The van der Waals surface area contributed by atoms with Gasteiger partial charge in [0.25, 0.3) is 0 Å². The van der Waals surface area contributed by atoms with Crippen LogP contribution in [0.5, 0.6) is 0 Å². The van der Waals surface area contributed by atoms with E-state index < -0.39 is 0 Å². The molecule has 0 aromatic carbocycles. The van der Waals surface area contributed by atoms with E-state index in [1.807, 2.05) is 6.92 Å². The number of Topliss-reactive ketones (excluding diaryl/α,β-unsaturated/α-hetero) is 1. The summed E-state index contributed by atoms with van der Waals surface area (Å²) in [5, 5.41) is 0. The Labute approximate surface area is 164 Å². The first-order valence-electron chi connectivity index (χ1n) is 9.71. The molecule has 2 aromatic rings. The third-order valence-corrected chi connectivity index (χ3v) is 5.41. The second kappa shape index (κ2) is 8.52. The van der Waals surface area contributed by atoms with Crippen molar-refractivity contribution in [3.05, 3.63) is 41.0 Å². The van der Waals surface area contributed by atoms with Crippen molar-refractivity contribution in [1.29, 1.82) is 0 Å². The number of ketones is 1. The topological polar surface area (TPSA) is 92.6 Å². The Bertz CT molecular complexity index is 841. The van der Waals surface area contributed by atoms with Crippen molar-refractivity contribution < 1.29 is 19.2 Å². The second-order valence-corrected chi connectivity index (χ2v) is 7.13. The van der Waals surface area contributed by atoms with E-state index in [2.05, 4.69) is 19.9 Å². The maximum Gasteiger partial charge on any atom is 0.340 e. The number of nitrogens with one attached hydrogen (secondary N) is 2. The lowest BCUT2D eigenvalue weighted by molar-refractivity contribution is -0.914. The number of rotatable bonds is 6. The van der Waals surface area contributed by atoms with Crippen LogP contribution in [0.15, 0.2) is 18.5 Å².